The van der Waals surface area contributed by atoms with Gasteiger partial charge in [0.15, 0.2) is 0 Å². The molecule has 0 heterocycles. The molecule has 0 aromatic heterocycles. The van der Waals surface area contributed by atoms with E-state index in [9.17, 15) is 4.79 Å². The summed E-state index contributed by atoms with van der Waals surface area (Å²) in [6.45, 7) is -0.281. The van der Waals surface area contributed by atoms with Crippen molar-refractivity contribution in [2.75, 3.05) is 13.7 Å². The quantitative estimate of drug-likeness (QED) is 0.282. The first-order chi connectivity index (χ1) is 2.81. The van der Waals surface area contributed by atoms with Crippen molar-refractivity contribution in [3.05, 3.63) is 5.73 Å². The molecule has 7 heavy (non-hydrogen) atoms. The van der Waals surface area contributed by atoms with E-state index >= 15 is 0 Å². The van der Waals surface area contributed by atoms with Gasteiger partial charge in [-0.15, -0.1) is 0 Å². The fourth-order valence-corrected chi connectivity index (χ4v) is 0.0722. The summed E-state index contributed by atoms with van der Waals surface area (Å²) in [5.41, 5.74) is 6.33. The van der Waals surface area contributed by atoms with Crippen molar-refractivity contribution in [3.8, 4) is 0 Å². The second kappa shape index (κ2) is 7.07. The molecule has 0 aromatic rings. The Balaban J connectivity index is 0. The van der Waals surface area contributed by atoms with Crippen LogP contribution in [-0.4, -0.2) is 19.6 Å². The van der Waals surface area contributed by atoms with Crippen LogP contribution in [-0.2, 0) is 9.53 Å². The maximum absolute atomic E-state index is 9.77. The molecule has 0 aromatic carbocycles. The average molecular weight is 127 g/mol. The van der Waals surface area contributed by atoms with E-state index in [-0.39, 0.29) is 57.9 Å². The summed E-state index contributed by atoms with van der Waals surface area (Å²) < 4.78 is 4.07. The van der Waals surface area contributed by atoms with Crippen LogP contribution >= 0.6 is 0 Å². The minimum absolute atomic E-state index is 0. The zero-order valence-corrected chi connectivity index (χ0v) is 7.65. The van der Waals surface area contributed by atoms with Gasteiger partial charge in [-0.25, -0.2) is 0 Å². The summed E-state index contributed by atoms with van der Waals surface area (Å²) in [5, 5.41) is 0. The maximum atomic E-state index is 9.77. The molecule has 0 bridgehead atoms. The first kappa shape index (κ1) is 10.9. The number of carbonyl (C=O) groups is 1. The zero-order valence-electron chi connectivity index (χ0n) is 4.52. The molecule has 3 nitrogen and oxygen atoms in total. The molecule has 0 aliphatic carbocycles. The summed E-state index contributed by atoms with van der Waals surface area (Å²) in [5.74, 6) is -0.491. The average Bonchev–Trinajstić information content (AvgIpc) is 1.65. The number of nitrogens with one attached hydrogen (secondary N) is 1. The van der Waals surface area contributed by atoms with E-state index in [2.05, 4.69) is 4.74 Å². The Labute approximate surface area is 85.0 Å². The predicted molar refractivity (Wildman–Crippen MR) is 21.2 cm³/mol. The van der Waals surface area contributed by atoms with Crippen molar-refractivity contribution < 1.29 is 60.9 Å². The molecule has 0 atom stereocenters. The molecule has 0 saturated heterocycles. The largest absolute Gasteiger partial charge is 1.00 e. The molecule has 0 rings (SSSR count). The molecule has 4 heteroatoms. The molecule has 0 amide bonds. The molecule has 0 radical (unpaired) electrons. The van der Waals surface area contributed by atoms with Gasteiger partial charge in [0.05, 0.1) is 7.11 Å². The van der Waals surface area contributed by atoms with Crippen molar-refractivity contribution >= 4 is 5.97 Å². The third-order valence-electron chi connectivity index (χ3n) is 0.372. The zero-order chi connectivity index (χ0) is 4.99. The summed E-state index contributed by atoms with van der Waals surface area (Å²) in [6, 6.07) is 0. The number of hydrogen-bond donors (Lipinski definition) is 0. The van der Waals surface area contributed by atoms with Gasteiger partial charge in [0, 0.05) is 0 Å². The van der Waals surface area contributed by atoms with E-state index in [1.54, 1.807) is 0 Å². The van der Waals surface area contributed by atoms with Crippen LogP contribution in [0.5, 0.6) is 0 Å². The molecule has 0 aliphatic heterocycles. The van der Waals surface area contributed by atoms with Crippen LogP contribution in [0.2, 0.25) is 0 Å². The van der Waals surface area contributed by atoms with E-state index in [0.717, 1.165) is 0 Å². The monoisotopic (exact) mass is 127 g/mol. The van der Waals surface area contributed by atoms with Gasteiger partial charge in [0.2, 0.25) is 0 Å². The van der Waals surface area contributed by atoms with Gasteiger partial charge in [-0.05, 0) is 6.54 Å². The molecule has 0 unspecified atom stereocenters. The molecule has 36 valence electrons. The summed E-state index contributed by atoms with van der Waals surface area (Å²) in [6.07, 6.45) is 0. The van der Waals surface area contributed by atoms with Crippen molar-refractivity contribution in [3.63, 3.8) is 0 Å². The Hall–Kier alpha value is 1.07. The molecular formula is C3H6KNO2. The maximum Gasteiger partial charge on any atom is 1.00 e. The number of ether oxygens (including phenoxy) is 1. The first-order valence-corrected chi connectivity index (χ1v) is 1.52. The summed E-state index contributed by atoms with van der Waals surface area (Å²) >= 11 is 0. The van der Waals surface area contributed by atoms with Gasteiger partial charge >= 0.3 is 51.4 Å². The van der Waals surface area contributed by atoms with Crippen LogP contribution in [0.1, 0.15) is 0 Å². The number of hydrogen-bond acceptors (Lipinski definition) is 2. The first-order valence-electron chi connectivity index (χ1n) is 1.52. The van der Waals surface area contributed by atoms with Gasteiger partial charge in [-0.2, -0.15) is 0 Å². The van der Waals surface area contributed by atoms with E-state index in [1.165, 1.54) is 7.11 Å². The van der Waals surface area contributed by atoms with Crippen LogP contribution in [0.4, 0.5) is 0 Å². The summed E-state index contributed by atoms with van der Waals surface area (Å²) in [7, 11) is 1.26. The van der Waals surface area contributed by atoms with Gasteiger partial charge in [-0.3, -0.25) is 4.79 Å². The van der Waals surface area contributed by atoms with Gasteiger partial charge < -0.3 is 10.5 Å². The molecule has 0 aliphatic rings. The van der Waals surface area contributed by atoms with E-state index in [0.29, 0.717) is 0 Å². The van der Waals surface area contributed by atoms with Crippen LogP contribution in [0.25, 0.3) is 5.73 Å². The summed E-state index contributed by atoms with van der Waals surface area (Å²) in [4.78, 5) is 9.77. The van der Waals surface area contributed by atoms with E-state index in [1.807, 2.05) is 0 Å². The standard InChI is InChI=1S/C3H6NO2.K/c1-6-3(5)2-4;/h4H,2H2,1H3;/q-1;+1. The molecule has 1 N–H and O–H groups in total. The Morgan fingerprint density at radius 2 is 2.29 bits per heavy atom. The van der Waals surface area contributed by atoms with Crippen molar-refractivity contribution in [1.82, 2.24) is 0 Å². The van der Waals surface area contributed by atoms with Crippen LogP contribution in [0.15, 0.2) is 0 Å². The van der Waals surface area contributed by atoms with Crippen molar-refractivity contribution in [2.45, 2.75) is 0 Å². The predicted octanol–water partition coefficient (Wildman–Crippen LogP) is -2.78. The van der Waals surface area contributed by atoms with E-state index in [4.69, 9.17) is 5.73 Å². The second-order valence-corrected chi connectivity index (χ2v) is 0.753. The molecule has 0 saturated carbocycles. The number of esters is 1. The SMILES string of the molecule is COC(=O)C[NH-].[K+]. The Bertz CT molecular complexity index is 50.9. The number of carbonyl (C=O) groups excluding carboxylic acids is 1. The van der Waals surface area contributed by atoms with E-state index < -0.39 is 5.97 Å². The second-order valence-electron chi connectivity index (χ2n) is 0.753. The Kier molecular flexibility index (Phi) is 11.0. The Morgan fingerprint density at radius 3 is 2.29 bits per heavy atom. The van der Waals surface area contributed by atoms with Crippen LogP contribution < -0.4 is 51.4 Å². The normalized spacial score (nSPS) is 6.57. The smallest absolute Gasteiger partial charge is 0.668 e. The van der Waals surface area contributed by atoms with Crippen molar-refractivity contribution in [1.29, 1.82) is 0 Å². The molecule has 0 spiro atoms. The van der Waals surface area contributed by atoms with Crippen LogP contribution in [0.3, 0.4) is 0 Å². The van der Waals surface area contributed by atoms with Gasteiger partial charge in [0.1, 0.15) is 0 Å². The Morgan fingerprint density at radius 1 is 1.86 bits per heavy atom. The topological polar surface area (TPSA) is 50.1 Å². The van der Waals surface area contributed by atoms with Crippen LogP contribution in [0, 0.1) is 0 Å². The fourth-order valence-electron chi connectivity index (χ4n) is 0.0722. The number of methoxy groups -OCH3 is 1. The van der Waals surface area contributed by atoms with Gasteiger partial charge in [0.25, 0.3) is 5.97 Å². The minimum atomic E-state index is -0.491. The molecule has 0 fully saturated rings. The number of rotatable bonds is 1. The third kappa shape index (κ3) is 7.07. The molecular weight excluding hydrogens is 121 g/mol. The third-order valence-corrected chi connectivity index (χ3v) is 0.372. The van der Waals surface area contributed by atoms with Crippen molar-refractivity contribution in [2.24, 2.45) is 0 Å². The minimum Gasteiger partial charge on any atom is -0.668 e. The van der Waals surface area contributed by atoms with Gasteiger partial charge in [-0.1, -0.05) is 0 Å². The fraction of sp³-hybridized carbons (Fsp3) is 0.667.